The van der Waals surface area contributed by atoms with Crippen LogP contribution in [0, 0.1) is 11.2 Å². The SMILES string of the molecule is C[C@H]1N[C@@H](CC(C)(C)C)[C@@]2(CNc3cc(Cl)ccc32)[C@H]1c1cccc(Cl)c1F. The van der Waals surface area contributed by atoms with Crippen molar-refractivity contribution in [2.75, 3.05) is 11.9 Å². The Kier molecular flexibility index (Phi) is 4.93. The van der Waals surface area contributed by atoms with Gasteiger partial charge in [0.1, 0.15) is 5.82 Å². The van der Waals surface area contributed by atoms with Gasteiger partial charge in [-0.15, -0.1) is 0 Å². The van der Waals surface area contributed by atoms with E-state index < -0.39 is 0 Å². The van der Waals surface area contributed by atoms with Crippen molar-refractivity contribution in [3.63, 3.8) is 0 Å². The van der Waals surface area contributed by atoms with E-state index in [9.17, 15) is 0 Å². The van der Waals surface area contributed by atoms with Gasteiger partial charge in [-0.25, -0.2) is 4.39 Å². The molecule has 2 aliphatic heterocycles. The molecule has 0 aliphatic carbocycles. The third kappa shape index (κ3) is 3.12. The first-order valence-corrected chi connectivity index (χ1v) is 10.6. The summed E-state index contributed by atoms with van der Waals surface area (Å²) in [4.78, 5) is 0. The van der Waals surface area contributed by atoms with Crippen molar-refractivity contribution in [3.8, 4) is 0 Å². The van der Waals surface area contributed by atoms with Gasteiger partial charge in [0.25, 0.3) is 0 Å². The summed E-state index contributed by atoms with van der Waals surface area (Å²) in [6.45, 7) is 9.67. The van der Waals surface area contributed by atoms with Crippen molar-refractivity contribution in [2.24, 2.45) is 5.41 Å². The Morgan fingerprint density at radius 1 is 1.18 bits per heavy atom. The number of nitrogens with one attached hydrogen (secondary N) is 2. The van der Waals surface area contributed by atoms with E-state index >= 15 is 4.39 Å². The fraction of sp³-hybridized carbons (Fsp3) is 0.478. The average molecular weight is 421 g/mol. The second kappa shape index (κ2) is 6.90. The lowest BCUT2D eigenvalue weighted by molar-refractivity contribution is 0.259. The van der Waals surface area contributed by atoms with Crippen molar-refractivity contribution < 1.29 is 4.39 Å². The van der Waals surface area contributed by atoms with Gasteiger partial charge in [-0.2, -0.15) is 0 Å². The molecule has 2 N–H and O–H groups in total. The minimum Gasteiger partial charge on any atom is -0.384 e. The molecule has 1 spiro atoms. The summed E-state index contributed by atoms with van der Waals surface area (Å²) in [6, 6.07) is 11.7. The highest BCUT2D eigenvalue weighted by atomic mass is 35.5. The maximum absolute atomic E-state index is 15.2. The Morgan fingerprint density at radius 2 is 1.93 bits per heavy atom. The molecule has 2 nitrogen and oxygen atoms in total. The zero-order valence-corrected chi connectivity index (χ0v) is 18.3. The Labute approximate surface area is 176 Å². The van der Waals surface area contributed by atoms with E-state index in [1.165, 1.54) is 5.56 Å². The van der Waals surface area contributed by atoms with Crippen LogP contribution in [0.4, 0.5) is 10.1 Å². The quantitative estimate of drug-likeness (QED) is 0.588. The van der Waals surface area contributed by atoms with Crippen molar-refractivity contribution in [1.29, 1.82) is 0 Å². The summed E-state index contributed by atoms with van der Waals surface area (Å²) < 4.78 is 15.2. The van der Waals surface area contributed by atoms with Crippen LogP contribution in [0.15, 0.2) is 36.4 Å². The lowest BCUT2D eigenvalue weighted by atomic mass is 9.63. The van der Waals surface area contributed by atoms with Crippen LogP contribution < -0.4 is 10.6 Å². The molecule has 150 valence electrons. The van der Waals surface area contributed by atoms with Crippen LogP contribution in [0.25, 0.3) is 0 Å². The maximum atomic E-state index is 15.2. The van der Waals surface area contributed by atoms with Crippen molar-refractivity contribution in [3.05, 3.63) is 63.4 Å². The molecule has 4 rings (SSSR count). The number of halogens is 3. The first-order valence-electron chi connectivity index (χ1n) is 9.87. The molecule has 1 saturated heterocycles. The summed E-state index contributed by atoms with van der Waals surface area (Å²) >= 11 is 12.4. The normalized spacial score (nSPS) is 29.2. The minimum atomic E-state index is -0.305. The number of rotatable bonds is 2. The van der Waals surface area contributed by atoms with E-state index in [1.807, 2.05) is 24.3 Å². The van der Waals surface area contributed by atoms with Gasteiger partial charge in [0.2, 0.25) is 0 Å². The summed E-state index contributed by atoms with van der Waals surface area (Å²) in [5.41, 5.74) is 2.83. The highest BCUT2D eigenvalue weighted by molar-refractivity contribution is 6.31. The largest absolute Gasteiger partial charge is 0.384 e. The molecule has 2 aromatic carbocycles. The monoisotopic (exact) mass is 420 g/mol. The third-order valence-electron chi connectivity index (χ3n) is 6.33. The van der Waals surface area contributed by atoms with Crippen LogP contribution in [0.1, 0.15) is 51.2 Å². The van der Waals surface area contributed by atoms with Crippen molar-refractivity contribution in [2.45, 2.75) is 57.5 Å². The van der Waals surface area contributed by atoms with Crippen LogP contribution in [0.5, 0.6) is 0 Å². The summed E-state index contributed by atoms with van der Waals surface area (Å²) in [6.07, 6.45) is 0.986. The van der Waals surface area contributed by atoms with E-state index in [1.54, 1.807) is 6.07 Å². The van der Waals surface area contributed by atoms with Crippen LogP contribution in [0.3, 0.4) is 0 Å². The molecule has 0 bridgehead atoms. The van der Waals surface area contributed by atoms with Gasteiger partial charge in [0, 0.05) is 40.7 Å². The summed E-state index contributed by atoms with van der Waals surface area (Å²) in [5.74, 6) is -0.338. The number of fused-ring (bicyclic) bond motifs is 2. The molecule has 0 aromatic heterocycles. The Balaban J connectivity index is 1.92. The fourth-order valence-corrected chi connectivity index (χ4v) is 5.73. The number of anilines is 1. The molecule has 0 radical (unpaired) electrons. The molecule has 28 heavy (non-hydrogen) atoms. The lowest BCUT2D eigenvalue weighted by Gasteiger charge is -2.39. The predicted molar refractivity (Wildman–Crippen MR) is 116 cm³/mol. The Bertz CT molecular complexity index is 908. The van der Waals surface area contributed by atoms with Crippen molar-refractivity contribution >= 4 is 28.9 Å². The Morgan fingerprint density at radius 3 is 2.64 bits per heavy atom. The van der Waals surface area contributed by atoms with Crippen LogP contribution in [0.2, 0.25) is 10.0 Å². The molecular formula is C23H27Cl2FN2. The molecule has 5 heteroatoms. The third-order valence-corrected chi connectivity index (χ3v) is 6.86. The average Bonchev–Trinajstić information content (AvgIpc) is 3.08. The molecule has 1 fully saturated rings. The Hall–Kier alpha value is -1.29. The smallest absolute Gasteiger partial charge is 0.145 e. The summed E-state index contributed by atoms with van der Waals surface area (Å²) in [5, 5.41) is 8.27. The number of hydrogen-bond donors (Lipinski definition) is 2. The van der Waals surface area contributed by atoms with E-state index in [2.05, 4.69) is 44.4 Å². The van der Waals surface area contributed by atoms with Gasteiger partial charge in [0.15, 0.2) is 0 Å². The lowest BCUT2D eigenvalue weighted by Crippen LogP contribution is -2.46. The summed E-state index contributed by atoms with van der Waals surface area (Å²) in [7, 11) is 0. The number of hydrogen-bond acceptors (Lipinski definition) is 2. The molecular weight excluding hydrogens is 394 g/mol. The van der Waals surface area contributed by atoms with Gasteiger partial charge in [-0.3, -0.25) is 0 Å². The van der Waals surface area contributed by atoms with E-state index in [4.69, 9.17) is 23.2 Å². The first-order chi connectivity index (χ1) is 13.1. The van der Waals surface area contributed by atoms with Gasteiger partial charge < -0.3 is 10.6 Å². The zero-order chi connectivity index (χ0) is 20.3. The van der Waals surface area contributed by atoms with Gasteiger partial charge in [-0.1, -0.05) is 62.2 Å². The van der Waals surface area contributed by atoms with Crippen LogP contribution in [-0.2, 0) is 5.41 Å². The molecule has 2 aromatic rings. The van der Waals surface area contributed by atoms with Gasteiger partial charge in [-0.05, 0) is 48.1 Å². The zero-order valence-electron chi connectivity index (χ0n) is 16.7. The molecule has 0 saturated carbocycles. The van der Waals surface area contributed by atoms with Gasteiger partial charge in [0.05, 0.1) is 5.02 Å². The molecule has 2 heterocycles. The molecule has 4 atom stereocenters. The highest BCUT2D eigenvalue weighted by Crippen LogP contribution is 2.56. The highest BCUT2D eigenvalue weighted by Gasteiger charge is 2.58. The second-order valence-corrected chi connectivity index (χ2v) is 10.3. The topological polar surface area (TPSA) is 24.1 Å². The minimum absolute atomic E-state index is 0.0338. The van der Waals surface area contributed by atoms with E-state index in [0.29, 0.717) is 10.6 Å². The molecule has 0 amide bonds. The number of benzene rings is 2. The van der Waals surface area contributed by atoms with Crippen LogP contribution in [-0.4, -0.2) is 18.6 Å². The first kappa shape index (κ1) is 20.0. The predicted octanol–water partition coefficient (Wildman–Crippen LogP) is 6.38. The second-order valence-electron chi connectivity index (χ2n) is 9.48. The standard InChI is InChI=1S/C23H27Cl2FN2/c1-13-20(15-6-5-7-17(25)21(15)26)23(19(28-13)11-22(2,3)4)12-27-18-10-14(24)8-9-16(18)23/h5-10,13,19-20,27-28H,11-12H2,1-4H3/t13-,19+,20-,23+/m1/s1. The molecule has 2 aliphatic rings. The van der Waals surface area contributed by atoms with Gasteiger partial charge >= 0.3 is 0 Å². The fourth-order valence-electron chi connectivity index (χ4n) is 5.38. The van der Waals surface area contributed by atoms with E-state index in [0.717, 1.165) is 18.7 Å². The van der Waals surface area contributed by atoms with E-state index in [-0.39, 0.29) is 39.7 Å². The maximum Gasteiger partial charge on any atom is 0.145 e. The van der Waals surface area contributed by atoms with Crippen LogP contribution >= 0.6 is 23.2 Å². The van der Waals surface area contributed by atoms with Crippen molar-refractivity contribution in [1.82, 2.24) is 5.32 Å². The molecule has 0 unspecified atom stereocenters.